The molecule has 2 aromatic heterocycles. The minimum atomic E-state index is -1.10. The molecule has 0 fully saturated rings. The molecule has 0 saturated carbocycles. The Kier molecular flexibility index (Phi) is 3.71. The van der Waals surface area contributed by atoms with Crippen molar-refractivity contribution in [1.82, 2.24) is 4.98 Å². The molecule has 20 heavy (non-hydrogen) atoms. The first-order valence-corrected chi connectivity index (χ1v) is 6.54. The molecule has 2 heterocycles. The van der Waals surface area contributed by atoms with Gasteiger partial charge < -0.3 is 15.4 Å². The van der Waals surface area contributed by atoms with Crippen molar-refractivity contribution < 1.29 is 19.5 Å². The summed E-state index contributed by atoms with van der Waals surface area (Å²) in [4.78, 5) is 37.7. The van der Waals surface area contributed by atoms with Gasteiger partial charge in [0.1, 0.15) is 10.7 Å². The van der Waals surface area contributed by atoms with Crippen LogP contribution in [-0.4, -0.2) is 27.8 Å². The summed E-state index contributed by atoms with van der Waals surface area (Å²) in [6, 6.07) is 2.93. The van der Waals surface area contributed by atoms with Gasteiger partial charge in [-0.25, -0.2) is 4.79 Å². The van der Waals surface area contributed by atoms with Gasteiger partial charge in [0.15, 0.2) is 5.78 Å². The minimum absolute atomic E-state index is 0.0548. The fourth-order valence-electron chi connectivity index (χ4n) is 1.67. The van der Waals surface area contributed by atoms with Crippen LogP contribution in [0.4, 0.5) is 5.00 Å². The Morgan fingerprint density at radius 2 is 2.00 bits per heavy atom. The zero-order valence-electron chi connectivity index (χ0n) is 10.8. The van der Waals surface area contributed by atoms with Crippen LogP contribution in [-0.2, 0) is 0 Å². The summed E-state index contributed by atoms with van der Waals surface area (Å²) < 4.78 is 0. The number of H-pyrrole nitrogens is 1. The average molecular weight is 292 g/mol. The molecule has 104 valence electrons. The Hall–Kier alpha value is -2.41. The number of nitrogens with one attached hydrogen (secondary N) is 2. The van der Waals surface area contributed by atoms with E-state index < -0.39 is 11.9 Å². The predicted molar refractivity (Wildman–Crippen MR) is 74.8 cm³/mol. The summed E-state index contributed by atoms with van der Waals surface area (Å²) in [5.74, 6) is -1.74. The van der Waals surface area contributed by atoms with Gasteiger partial charge in [-0.15, -0.1) is 11.3 Å². The van der Waals surface area contributed by atoms with Crippen LogP contribution >= 0.6 is 11.3 Å². The monoisotopic (exact) mass is 292 g/mol. The second-order valence-electron chi connectivity index (χ2n) is 4.22. The molecular formula is C13H12N2O4S. The van der Waals surface area contributed by atoms with Crippen LogP contribution in [0.5, 0.6) is 0 Å². The Bertz CT molecular complexity index is 699. The molecule has 2 rings (SSSR count). The van der Waals surface area contributed by atoms with E-state index in [0.717, 1.165) is 4.88 Å². The van der Waals surface area contributed by atoms with Crippen molar-refractivity contribution in [1.29, 1.82) is 0 Å². The van der Waals surface area contributed by atoms with Crippen molar-refractivity contribution in [3.8, 4) is 0 Å². The maximum absolute atomic E-state index is 12.0. The molecule has 0 radical (unpaired) electrons. The van der Waals surface area contributed by atoms with Gasteiger partial charge in [0.05, 0.1) is 5.56 Å². The lowest BCUT2D eigenvalue weighted by Gasteiger charge is -2.02. The molecule has 0 unspecified atom stereocenters. The van der Waals surface area contributed by atoms with Crippen LogP contribution in [0.1, 0.15) is 43.0 Å². The van der Waals surface area contributed by atoms with Gasteiger partial charge in [-0.05, 0) is 26.0 Å². The molecule has 6 nitrogen and oxygen atoms in total. The lowest BCUT2D eigenvalue weighted by molar-refractivity contribution is 0.0698. The van der Waals surface area contributed by atoms with E-state index in [1.165, 1.54) is 36.6 Å². The van der Waals surface area contributed by atoms with Crippen LogP contribution in [0, 0.1) is 6.92 Å². The van der Waals surface area contributed by atoms with Crippen LogP contribution in [0.2, 0.25) is 0 Å². The largest absolute Gasteiger partial charge is 0.478 e. The molecular weight excluding hydrogens is 280 g/mol. The lowest BCUT2D eigenvalue weighted by atomic mass is 10.2. The number of carboxylic acids is 1. The predicted octanol–water partition coefficient (Wildman–Crippen LogP) is 2.54. The summed E-state index contributed by atoms with van der Waals surface area (Å²) in [5.41, 5.74) is 0.660. The zero-order valence-corrected chi connectivity index (χ0v) is 11.6. The highest BCUT2D eigenvalue weighted by molar-refractivity contribution is 7.16. The second-order valence-corrected chi connectivity index (χ2v) is 5.47. The Balaban J connectivity index is 2.23. The van der Waals surface area contributed by atoms with Gasteiger partial charge >= 0.3 is 5.97 Å². The number of aromatic carboxylic acids is 1. The van der Waals surface area contributed by atoms with Crippen molar-refractivity contribution in [3.63, 3.8) is 0 Å². The fraction of sp³-hybridized carbons (Fsp3) is 0.154. The number of aromatic nitrogens is 1. The summed E-state index contributed by atoms with van der Waals surface area (Å²) >= 11 is 1.19. The van der Waals surface area contributed by atoms with E-state index in [-0.39, 0.29) is 22.0 Å². The number of Topliss-reactive ketones (excluding diaryl/α,β-unsaturated/α-hetero) is 1. The number of carbonyl (C=O) groups excluding carboxylic acids is 2. The highest BCUT2D eigenvalue weighted by Gasteiger charge is 2.18. The maximum Gasteiger partial charge on any atom is 0.338 e. The van der Waals surface area contributed by atoms with E-state index in [2.05, 4.69) is 10.3 Å². The third kappa shape index (κ3) is 2.77. The van der Waals surface area contributed by atoms with Gasteiger partial charge in [-0.1, -0.05) is 0 Å². The number of amides is 1. The van der Waals surface area contributed by atoms with Crippen molar-refractivity contribution in [2.24, 2.45) is 0 Å². The summed E-state index contributed by atoms with van der Waals surface area (Å²) in [5, 5.41) is 11.9. The number of aryl methyl sites for hydroxylation is 1. The van der Waals surface area contributed by atoms with Crippen LogP contribution in [0.15, 0.2) is 18.3 Å². The Morgan fingerprint density at radius 1 is 1.30 bits per heavy atom. The molecule has 0 atom stereocenters. The number of thiophene rings is 1. The summed E-state index contributed by atoms with van der Waals surface area (Å²) in [7, 11) is 0. The van der Waals surface area contributed by atoms with E-state index in [1.807, 2.05) is 0 Å². The molecule has 2 aromatic rings. The van der Waals surface area contributed by atoms with Gasteiger partial charge in [0.25, 0.3) is 5.91 Å². The second kappa shape index (κ2) is 5.30. The first-order valence-electron chi connectivity index (χ1n) is 5.73. The smallest absolute Gasteiger partial charge is 0.338 e. The zero-order chi connectivity index (χ0) is 14.9. The number of ketones is 1. The number of rotatable bonds is 4. The third-order valence-electron chi connectivity index (χ3n) is 2.65. The number of anilines is 1. The van der Waals surface area contributed by atoms with Crippen molar-refractivity contribution in [2.45, 2.75) is 13.8 Å². The molecule has 0 aliphatic carbocycles. The van der Waals surface area contributed by atoms with Crippen LogP contribution in [0.25, 0.3) is 0 Å². The highest BCUT2D eigenvalue weighted by atomic mass is 32.1. The van der Waals surface area contributed by atoms with Gasteiger partial charge in [-0.2, -0.15) is 0 Å². The number of carboxylic acid groups (broad SMARTS) is 1. The molecule has 0 saturated heterocycles. The van der Waals surface area contributed by atoms with Crippen molar-refractivity contribution in [3.05, 3.63) is 40.0 Å². The van der Waals surface area contributed by atoms with Crippen molar-refractivity contribution >= 4 is 34.0 Å². The average Bonchev–Trinajstić information content (AvgIpc) is 2.95. The highest BCUT2D eigenvalue weighted by Crippen LogP contribution is 2.28. The summed E-state index contributed by atoms with van der Waals surface area (Å²) in [6.45, 7) is 3.16. The number of carbonyl (C=O) groups is 3. The SMILES string of the molecule is CC(=O)c1c[nH]c(C(=O)Nc2sc(C)cc2C(=O)O)c1. The van der Waals surface area contributed by atoms with E-state index in [0.29, 0.717) is 5.56 Å². The van der Waals surface area contributed by atoms with Crippen LogP contribution in [0.3, 0.4) is 0 Å². The molecule has 0 spiro atoms. The first-order chi connectivity index (χ1) is 9.38. The molecule has 0 aromatic carbocycles. The van der Waals surface area contributed by atoms with E-state index in [4.69, 9.17) is 5.11 Å². The molecule has 0 bridgehead atoms. The number of aromatic amines is 1. The Morgan fingerprint density at radius 3 is 2.55 bits per heavy atom. The first kappa shape index (κ1) is 14.0. The van der Waals surface area contributed by atoms with Crippen LogP contribution < -0.4 is 5.32 Å². The number of hydrogen-bond acceptors (Lipinski definition) is 4. The third-order valence-corrected chi connectivity index (χ3v) is 3.61. The topological polar surface area (TPSA) is 99.3 Å². The van der Waals surface area contributed by atoms with E-state index >= 15 is 0 Å². The van der Waals surface area contributed by atoms with Gasteiger partial charge in [0, 0.05) is 16.6 Å². The van der Waals surface area contributed by atoms with Gasteiger partial charge in [-0.3, -0.25) is 9.59 Å². The Labute approximate surface area is 118 Å². The summed E-state index contributed by atoms with van der Waals surface area (Å²) in [6.07, 6.45) is 1.44. The number of hydrogen-bond donors (Lipinski definition) is 3. The molecule has 1 amide bonds. The van der Waals surface area contributed by atoms with E-state index in [9.17, 15) is 14.4 Å². The maximum atomic E-state index is 12.0. The van der Waals surface area contributed by atoms with Crippen molar-refractivity contribution in [2.75, 3.05) is 5.32 Å². The lowest BCUT2D eigenvalue weighted by Crippen LogP contribution is -2.13. The minimum Gasteiger partial charge on any atom is -0.478 e. The van der Waals surface area contributed by atoms with Gasteiger partial charge in [0.2, 0.25) is 0 Å². The molecule has 0 aliphatic rings. The standard InChI is InChI=1S/C13H12N2O4S/c1-6-3-9(13(18)19)12(20-6)15-11(17)10-4-8(5-14-10)7(2)16/h3-5,14H,1-2H3,(H,15,17)(H,18,19). The molecule has 0 aliphatic heterocycles. The normalized spacial score (nSPS) is 10.3. The molecule has 3 N–H and O–H groups in total. The van der Waals surface area contributed by atoms with E-state index in [1.54, 1.807) is 6.92 Å². The quantitative estimate of drug-likeness (QED) is 0.754. The fourth-order valence-corrected chi connectivity index (χ4v) is 2.56. The molecule has 7 heteroatoms.